The quantitative estimate of drug-likeness (QED) is 0.758. The van der Waals surface area contributed by atoms with Crippen molar-refractivity contribution in [3.05, 3.63) is 53.2 Å². The first kappa shape index (κ1) is 13.8. The minimum absolute atomic E-state index is 0.263. The number of para-hydroxylation sites is 1. The fourth-order valence-corrected chi connectivity index (χ4v) is 2.59. The molecule has 21 heavy (non-hydrogen) atoms. The minimum atomic E-state index is 0.263. The van der Waals surface area contributed by atoms with Crippen LogP contribution in [0.4, 0.5) is 0 Å². The summed E-state index contributed by atoms with van der Waals surface area (Å²) in [5.74, 6) is 1.90. The van der Waals surface area contributed by atoms with E-state index in [1.807, 2.05) is 48.8 Å². The number of thiophene rings is 1. The van der Waals surface area contributed by atoms with E-state index in [1.165, 1.54) is 0 Å². The Hall–Kier alpha value is -2.18. The molecule has 1 aromatic carbocycles. The van der Waals surface area contributed by atoms with Crippen LogP contribution in [0.15, 0.2) is 46.3 Å². The van der Waals surface area contributed by atoms with E-state index in [9.17, 15) is 0 Å². The highest BCUT2D eigenvalue weighted by Crippen LogP contribution is 2.22. The van der Waals surface area contributed by atoms with Gasteiger partial charge >= 0.3 is 0 Å². The minimum Gasteiger partial charge on any atom is -0.483 e. The van der Waals surface area contributed by atoms with Crippen LogP contribution in [0.25, 0.3) is 10.7 Å². The van der Waals surface area contributed by atoms with Gasteiger partial charge in [0.25, 0.3) is 5.89 Å². The van der Waals surface area contributed by atoms with E-state index in [2.05, 4.69) is 15.5 Å². The van der Waals surface area contributed by atoms with E-state index >= 15 is 0 Å². The number of nitrogens with zero attached hydrogens (tertiary/aromatic N) is 2. The van der Waals surface area contributed by atoms with E-state index in [0.717, 1.165) is 22.7 Å². The summed E-state index contributed by atoms with van der Waals surface area (Å²) < 4.78 is 11.0. The van der Waals surface area contributed by atoms with Crippen LogP contribution >= 0.6 is 11.3 Å². The van der Waals surface area contributed by atoms with Crippen LogP contribution in [-0.2, 0) is 13.2 Å². The van der Waals surface area contributed by atoms with Crippen molar-refractivity contribution in [1.82, 2.24) is 15.5 Å². The molecule has 6 heteroatoms. The molecular formula is C15H15N3O2S. The number of ether oxygens (including phenoxy) is 1. The lowest BCUT2D eigenvalue weighted by Gasteiger charge is -2.09. The van der Waals surface area contributed by atoms with Crippen LogP contribution in [0.3, 0.4) is 0 Å². The van der Waals surface area contributed by atoms with Gasteiger partial charge in [0.05, 0.1) is 4.88 Å². The van der Waals surface area contributed by atoms with Crippen molar-refractivity contribution in [2.75, 3.05) is 7.05 Å². The summed E-state index contributed by atoms with van der Waals surface area (Å²) >= 11 is 1.58. The van der Waals surface area contributed by atoms with Crippen molar-refractivity contribution in [3.8, 4) is 16.5 Å². The van der Waals surface area contributed by atoms with E-state index in [1.54, 1.807) is 11.3 Å². The van der Waals surface area contributed by atoms with Crippen LogP contribution in [0.5, 0.6) is 5.75 Å². The average Bonchev–Trinajstić information content (AvgIpc) is 3.18. The Kier molecular flexibility index (Phi) is 4.28. The van der Waals surface area contributed by atoms with E-state index in [-0.39, 0.29) is 6.61 Å². The second-order valence-electron chi connectivity index (χ2n) is 4.42. The summed E-state index contributed by atoms with van der Waals surface area (Å²) in [4.78, 5) is 5.32. The van der Waals surface area contributed by atoms with Gasteiger partial charge in [-0.3, -0.25) is 0 Å². The maximum absolute atomic E-state index is 5.77. The number of benzene rings is 1. The Balaban J connectivity index is 1.68. The second kappa shape index (κ2) is 6.51. The highest BCUT2D eigenvalue weighted by molar-refractivity contribution is 7.13. The van der Waals surface area contributed by atoms with Crippen molar-refractivity contribution in [2.45, 2.75) is 13.2 Å². The Morgan fingerprint density at radius 1 is 1.24 bits per heavy atom. The molecule has 3 aromatic rings. The Bertz CT molecular complexity index is 695. The zero-order valence-corrected chi connectivity index (χ0v) is 12.4. The third kappa shape index (κ3) is 3.29. The Labute approximate surface area is 126 Å². The fourth-order valence-electron chi connectivity index (χ4n) is 1.94. The lowest BCUT2D eigenvalue weighted by molar-refractivity contribution is 0.241. The molecule has 1 N–H and O–H groups in total. The highest BCUT2D eigenvalue weighted by Gasteiger charge is 2.10. The maximum atomic E-state index is 5.77. The maximum Gasteiger partial charge on any atom is 0.264 e. The first-order valence-electron chi connectivity index (χ1n) is 6.58. The monoisotopic (exact) mass is 301 g/mol. The SMILES string of the molecule is CNCc1ccccc1OCc1nc(-c2cccs2)no1. The molecule has 0 aliphatic heterocycles. The van der Waals surface area contributed by atoms with E-state index in [0.29, 0.717) is 11.7 Å². The third-order valence-electron chi connectivity index (χ3n) is 2.90. The smallest absolute Gasteiger partial charge is 0.264 e. The second-order valence-corrected chi connectivity index (χ2v) is 5.36. The summed E-state index contributed by atoms with van der Waals surface area (Å²) in [6.07, 6.45) is 0. The Morgan fingerprint density at radius 2 is 2.14 bits per heavy atom. The number of hydrogen-bond acceptors (Lipinski definition) is 6. The summed E-state index contributed by atoms with van der Waals surface area (Å²) in [5.41, 5.74) is 1.10. The standard InChI is InChI=1S/C15H15N3O2S/c1-16-9-11-5-2-3-6-12(11)19-10-14-17-15(18-20-14)13-7-4-8-21-13/h2-8,16H,9-10H2,1H3. The number of hydrogen-bond donors (Lipinski definition) is 1. The van der Waals surface area contributed by atoms with Crippen molar-refractivity contribution in [2.24, 2.45) is 0 Å². The van der Waals surface area contributed by atoms with Gasteiger partial charge in [-0.2, -0.15) is 4.98 Å². The van der Waals surface area contributed by atoms with Crippen LogP contribution in [0.2, 0.25) is 0 Å². The summed E-state index contributed by atoms with van der Waals surface area (Å²) in [7, 11) is 1.90. The van der Waals surface area contributed by atoms with Crippen LogP contribution in [0.1, 0.15) is 11.5 Å². The number of nitrogens with one attached hydrogen (secondary N) is 1. The molecule has 0 amide bonds. The van der Waals surface area contributed by atoms with Gasteiger partial charge in [-0.1, -0.05) is 29.4 Å². The van der Waals surface area contributed by atoms with Gasteiger partial charge in [0, 0.05) is 12.1 Å². The largest absolute Gasteiger partial charge is 0.483 e. The molecule has 0 radical (unpaired) electrons. The highest BCUT2D eigenvalue weighted by atomic mass is 32.1. The molecule has 108 valence electrons. The van der Waals surface area contributed by atoms with E-state index in [4.69, 9.17) is 9.26 Å². The van der Waals surface area contributed by atoms with Crippen molar-refractivity contribution >= 4 is 11.3 Å². The first-order chi connectivity index (χ1) is 10.4. The van der Waals surface area contributed by atoms with Crippen LogP contribution in [0, 0.1) is 0 Å². The molecule has 0 saturated heterocycles. The first-order valence-corrected chi connectivity index (χ1v) is 7.46. The van der Waals surface area contributed by atoms with Gasteiger partial charge in [-0.05, 0) is 24.6 Å². The van der Waals surface area contributed by atoms with Gasteiger partial charge in [0.15, 0.2) is 6.61 Å². The molecule has 0 atom stereocenters. The molecular weight excluding hydrogens is 286 g/mol. The third-order valence-corrected chi connectivity index (χ3v) is 3.77. The predicted molar refractivity (Wildman–Crippen MR) is 81.1 cm³/mol. The number of aromatic nitrogens is 2. The molecule has 0 bridgehead atoms. The van der Waals surface area contributed by atoms with Gasteiger partial charge in [-0.25, -0.2) is 0 Å². The zero-order valence-electron chi connectivity index (χ0n) is 11.6. The van der Waals surface area contributed by atoms with Gasteiger partial charge < -0.3 is 14.6 Å². The number of rotatable bonds is 6. The molecule has 0 unspecified atom stereocenters. The van der Waals surface area contributed by atoms with Gasteiger partial charge in [0.2, 0.25) is 5.82 Å². The van der Waals surface area contributed by atoms with Crippen molar-refractivity contribution in [1.29, 1.82) is 0 Å². The molecule has 0 aliphatic carbocycles. The zero-order chi connectivity index (χ0) is 14.5. The van der Waals surface area contributed by atoms with Crippen molar-refractivity contribution < 1.29 is 9.26 Å². The summed E-state index contributed by atoms with van der Waals surface area (Å²) in [5, 5.41) is 9.06. The normalized spacial score (nSPS) is 10.7. The van der Waals surface area contributed by atoms with Crippen molar-refractivity contribution in [3.63, 3.8) is 0 Å². The summed E-state index contributed by atoms with van der Waals surface area (Å²) in [6.45, 7) is 1.01. The topological polar surface area (TPSA) is 60.2 Å². The lowest BCUT2D eigenvalue weighted by Crippen LogP contribution is -2.07. The fraction of sp³-hybridized carbons (Fsp3) is 0.200. The van der Waals surface area contributed by atoms with E-state index < -0.39 is 0 Å². The molecule has 2 aromatic heterocycles. The molecule has 0 spiro atoms. The molecule has 2 heterocycles. The van der Waals surface area contributed by atoms with Crippen LogP contribution < -0.4 is 10.1 Å². The predicted octanol–water partition coefficient (Wildman–Crippen LogP) is 3.10. The van der Waals surface area contributed by atoms with Gasteiger partial charge in [-0.15, -0.1) is 11.3 Å². The molecule has 5 nitrogen and oxygen atoms in total. The average molecular weight is 301 g/mol. The summed E-state index contributed by atoms with van der Waals surface area (Å²) in [6, 6.07) is 11.8. The Morgan fingerprint density at radius 3 is 2.95 bits per heavy atom. The molecule has 0 aliphatic rings. The molecule has 0 saturated carbocycles. The molecule has 0 fully saturated rings. The van der Waals surface area contributed by atoms with Crippen LogP contribution in [-0.4, -0.2) is 17.2 Å². The van der Waals surface area contributed by atoms with Gasteiger partial charge in [0.1, 0.15) is 5.75 Å². The lowest BCUT2D eigenvalue weighted by atomic mass is 10.2. The molecule has 3 rings (SSSR count).